The Kier molecular flexibility index (Phi) is 8.57. The number of amides is 1. The van der Waals surface area contributed by atoms with E-state index in [0.29, 0.717) is 12.8 Å². The number of nitrogens with one attached hydrogen (secondary N) is 2. The van der Waals surface area contributed by atoms with Crippen molar-refractivity contribution in [2.45, 2.75) is 38.6 Å². The second kappa shape index (κ2) is 8.97. The normalized spacial score (nSPS) is 12.5. The van der Waals surface area contributed by atoms with E-state index in [9.17, 15) is 4.79 Å². The minimum atomic E-state index is 0.0838. The highest BCUT2D eigenvalue weighted by molar-refractivity contribution is 5.76. The largest absolute Gasteiger partial charge is 0.396 e. The van der Waals surface area contributed by atoms with Crippen LogP contribution in [0.4, 0.5) is 0 Å². The fourth-order valence-electron chi connectivity index (χ4n) is 1.26. The third-order valence-corrected chi connectivity index (χ3v) is 2.17. The van der Waals surface area contributed by atoms with E-state index in [1.165, 1.54) is 0 Å². The van der Waals surface area contributed by atoms with E-state index in [-0.39, 0.29) is 18.6 Å². The SMILES string of the molecule is CCC(CCO)NC(=O)CCCNC. The van der Waals surface area contributed by atoms with Crippen molar-refractivity contribution < 1.29 is 9.90 Å². The van der Waals surface area contributed by atoms with Gasteiger partial charge in [-0.05, 0) is 32.9 Å². The molecule has 1 atom stereocenters. The van der Waals surface area contributed by atoms with Crippen molar-refractivity contribution in [3.63, 3.8) is 0 Å². The van der Waals surface area contributed by atoms with Crippen LogP contribution in [0.2, 0.25) is 0 Å². The lowest BCUT2D eigenvalue weighted by Gasteiger charge is -2.15. The molecule has 0 aliphatic heterocycles. The zero-order valence-electron chi connectivity index (χ0n) is 9.18. The molecule has 3 N–H and O–H groups in total. The average Bonchev–Trinajstić information content (AvgIpc) is 2.17. The van der Waals surface area contributed by atoms with Crippen LogP contribution in [-0.4, -0.2) is 37.3 Å². The minimum absolute atomic E-state index is 0.0838. The smallest absolute Gasteiger partial charge is 0.220 e. The summed E-state index contributed by atoms with van der Waals surface area (Å²) < 4.78 is 0. The van der Waals surface area contributed by atoms with Gasteiger partial charge in [-0.2, -0.15) is 0 Å². The topological polar surface area (TPSA) is 61.4 Å². The van der Waals surface area contributed by atoms with Crippen molar-refractivity contribution in [3.05, 3.63) is 0 Å². The molecule has 0 aromatic heterocycles. The number of carbonyl (C=O) groups excluding carboxylic acids is 1. The van der Waals surface area contributed by atoms with Gasteiger partial charge in [-0.3, -0.25) is 4.79 Å². The molecule has 0 rings (SSSR count). The third-order valence-electron chi connectivity index (χ3n) is 2.17. The van der Waals surface area contributed by atoms with Crippen LogP contribution < -0.4 is 10.6 Å². The molecule has 84 valence electrons. The molecule has 0 radical (unpaired) electrons. The van der Waals surface area contributed by atoms with E-state index < -0.39 is 0 Å². The van der Waals surface area contributed by atoms with Crippen molar-refractivity contribution in [3.8, 4) is 0 Å². The van der Waals surface area contributed by atoms with Gasteiger partial charge in [0.25, 0.3) is 0 Å². The molecule has 14 heavy (non-hydrogen) atoms. The summed E-state index contributed by atoms with van der Waals surface area (Å²) in [6.07, 6.45) is 2.94. The fraction of sp³-hybridized carbons (Fsp3) is 0.900. The predicted octanol–water partition coefficient (Wildman–Crippen LogP) is 0.263. The lowest BCUT2D eigenvalue weighted by molar-refractivity contribution is -0.122. The Morgan fingerprint density at radius 2 is 2.21 bits per heavy atom. The van der Waals surface area contributed by atoms with Gasteiger partial charge in [0.15, 0.2) is 0 Å². The van der Waals surface area contributed by atoms with E-state index in [2.05, 4.69) is 10.6 Å². The molecular weight excluding hydrogens is 180 g/mol. The average molecular weight is 202 g/mol. The first kappa shape index (κ1) is 13.4. The van der Waals surface area contributed by atoms with Crippen LogP contribution in [-0.2, 0) is 4.79 Å². The molecule has 4 nitrogen and oxygen atoms in total. The Balaban J connectivity index is 3.56. The second-order valence-corrected chi connectivity index (χ2v) is 3.39. The molecule has 0 aliphatic rings. The molecule has 0 saturated heterocycles. The van der Waals surface area contributed by atoms with Gasteiger partial charge < -0.3 is 15.7 Å². The monoisotopic (exact) mass is 202 g/mol. The first-order chi connectivity index (χ1) is 6.74. The highest BCUT2D eigenvalue weighted by Gasteiger charge is 2.08. The Hall–Kier alpha value is -0.610. The van der Waals surface area contributed by atoms with E-state index in [0.717, 1.165) is 19.4 Å². The molecule has 0 aliphatic carbocycles. The third kappa shape index (κ3) is 6.86. The Labute approximate surface area is 86.1 Å². The van der Waals surface area contributed by atoms with Gasteiger partial charge >= 0.3 is 0 Å². The Morgan fingerprint density at radius 1 is 1.50 bits per heavy atom. The van der Waals surface area contributed by atoms with Gasteiger partial charge in [-0.15, -0.1) is 0 Å². The van der Waals surface area contributed by atoms with Crippen molar-refractivity contribution in [2.24, 2.45) is 0 Å². The number of hydrogen-bond acceptors (Lipinski definition) is 3. The van der Waals surface area contributed by atoms with Crippen LogP contribution in [0.3, 0.4) is 0 Å². The number of aliphatic hydroxyl groups excluding tert-OH is 1. The minimum Gasteiger partial charge on any atom is -0.396 e. The zero-order valence-corrected chi connectivity index (χ0v) is 9.18. The molecule has 1 unspecified atom stereocenters. The summed E-state index contributed by atoms with van der Waals surface area (Å²) in [6, 6.07) is 0.127. The van der Waals surface area contributed by atoms with E-state index in [1.807, 2.05) is 14.0 Å². The molecule has 0 heterocycles. The van der Waals surface area contributed by atoms with E-state index in [1.54, 1.807) is 0 Å². The standard InChI is InChI=1S/C10H22N2O2/c1-3-9(6-8-13)12-10(14)5-4-7-11-2/h9,11,13H,3-8H2,1-2H3,(H,12,14). The second-order valence-electron chi connectivity index (χ2n) is 3.39. The summed E-state index contributed by atoms with van der Waals surface area (Å²) in [5.74, 6) is 0.0838. The maximum Gasteiger partial charge on any atom is 0.220 e. The van der Waals surface area contributed by atoms with Crippen molar-refractivity contribution in [1.82, 2.24) is 10.6 Å². The van der Waals surface area contributed by atoms with Gasteiger partial charge in [-0.1, -0.05) is 6.92 Å². The molecule has 0 spiro atoms. The molecule has 0 aromatic rings. The lowest BCUT2D eigenvalue weighted by Crippen LogP contribution is -2.35. The van der Waals surface area contributed by atoms with Crippen molar-refractivity contribution in [1.29, 1.82) is 0 Å². The number of hydrogen-bond donors (Lipinski definition) is 3. The van der Waals surface area contributed by atoms with Gasteiger partial charge in [0.05, 0.1) is 0 Å². The van der Waals surface area contributed by atoms with Crippen LogP contribution in [0.15, 0.2) is 0 Å². The van der Waals surface area contributed by atoms with Crippen molar-refractivity contribution in [2.75, 3.05) is 20.2 Å². The van der Waals surface area contributed by atoms with Crippen LogP contribution in [0.5, 0.6) is 0 Å². The first-order valence-electron chi connectivity index (χ1n) is 5.29. The summed E-state index contributed by atoms with van der Waals surface area (Å²) in [4.78, 5) is 11.3. The van der Waals surface area contributed by atoms with Crippen LogP contribution in [0, 0.1) is 0 Å². The Morgan fingerprint density at radius 3 is 2.71 bits per heavy atom. The summed E-state index contributed by atoms with van der Waals surface area (Å²) in [7, 11) is 1.87. The maximum absolute atomic E-state index is 11.3. The summed E-state index contributed by atoms with van der Waals surface area (Å²) in [6.45, 7) is 3.01. The number of rotatable bonds is 8. The van der Waals surface area contributed by atoms with Crippen LogP contribution in [0.25, 0.3) is 0 Å². The molecule has 0 saturated carbocycles. The van der Waals surface area contributed by atoms with Gasteiger partial charge in [0, 0.05) is 19.1 Å². The summed E-state index contributed by atoms with van der Waals surface area (Å²) >= 11 is 0. The van der Waals surface area contributed by atoms with Crippen LogP contribution in [0.1, 0.15) is 32.6 Å². The molecule has 4 heteroatoms. The molecule has 0 bridgehead atoms. The quantitative estimate of drug-likeness (QED) is 0.495. The number of aliphatic hydroxyl groups is 1. The molecule has 0 aromatic carbocycles. The van der Waals surface area contributed by atoms with Crippen molar-refractivity contribution >= 4 is 5.91 Å². The molecular formula is C10H22N2O2. The van der Waals surface area contributed by atoms with Gasteiger partial charge in [0.2, 0.25) is 5.91 Å². The molecule has 0 fully saturated rings. The summed E-state index contributed by atoms with van der Waals surface area (Å²) in [5.41, 5.74) is 0. The van der Waals surface area contributed by atoms with Gasteiger partial charge in [-0.25, -0.2) is 0 Å². The van der Waals surface area contributed by atoms with Gasteiger partial charge in [0.1, 0.15) is 0 Å². The fourth-order valence-corrected chi connectivity index (χ4v) is 1.26. The highest BCUT2D eigenvalue weighted by Crippen LogP contribution is 1.98. The summed E-state index contributed by atoms with van der Waals surface area (Å²) in [5, 5.41) is 14.6. The highest BCUT2D eigenvalue weighted by atomic mass is 16.3. The molecule has 1 amide bonds. The zero-order chi connectivity index (χ0) is 10.8. The lowest BCUT2D eigenvalue weighted by atomic mass is 10.1. The van der Waals surface area contributed by atoms with E-state index in [4.69, 9.17) is 5.11 Å². The number of carbonyl (C=O) groups is 1. The maximum atomic E-state index is 11.3. The van der Waals surface area contributed by atoms with Crippen LogP contribution >= 0.6 is 0 Å². The predicted molar refractivity (Wildman–Crippen MR) is 57.1 cm³/mol. The van der Waals surface area contributed by atoms with E-state index >= 15 is 0 Å². The first-order valence-corrected chi connectivity index (χ1v) is 5.29. The Bertz CT molecular complexity index is 151.